The number of nitrogens with zero attached hydrogens (tertiary/aromatic N) is 3. The molecule has 1 aromatic carbocycles. The molecule has 5 nitrogen and oxygen atoms in total. The van der Waals surface area contributed by atoms with Crippen LogP contribution in [0.15, 0.2) is 36.5 Å². The molecule has 2 aromatic rings. The lowest BCUT2D eigenvalue weighted by atomic mass is 9.83. The van der Waals surface area contributed by atoms with Crippen LogP contribution in [0.4, 0.5) is 0 Å². The second-order valence-corrected chi connectivity index (χ2v) is 6.17. The van der Waals surface area contributed by atoms with Crippen LogP contribution in [0.5, 0.6) is 0 Å². The first-order valence-corrected chi connectivity index (χ1v) is 7.28. The number of ether oxygens (including phenoxy) is 1. The lowest BCUT2D eigenvalue weighted by Gasteiger charge is -2.34. The third-order valence-corrected chi connectivity index (χ3v) is 3.44. The van der Waals surface area contributed by atoms with Gasteiger partial charge in [0, 0.05) is 6.61 Å². The Hall–Kier alpha value is -1.72. The summed E-state index contributed by atoms with van der Waals surface area (Å²) in [6, 6.07) is 9.58. The first-order valence-electron chi connectivity index (χ1n) is 7.28. The van der Waals surface area contributed by atoms with Crippen molar-refractivity contribution in [2.45, 2.75) is 39.8 Å². The molecule has 1 heterocycles. The quantitative estimate of drug-likeness (QED) is 0.918. The van der Waals surface area contributed by atoms with Crippen LogP contribution in [0.2, 0.25) is 0 Å². The molecular weight excluding hydrogens is 264 g/mol. The van der Waals surface area contributed by atoms with E-state index >= 15 is 0 Å². The smallest absolute Gasteiger partial charge is 0.0839 e. The number of hydrogen-bond donors (Lipinski definition) is 1. The Labute approximate surface area is 126 Å². The van der Waals surface area contributed by atoms with E-state index in [0.717, 1.165) is 11.4 Å². The first-order chi connectivity index (χ1) is 9.95. The van der Waals surface area contributed by atoms with Crippen molar-refractivity contribution in [2.24, 2.45) is 11.1 Å². The van der Waals surface area contributed by atoms with Crippen molar-refractivity contribution >= 4 is 0 Å². The maximum absolute atomic E-state index is 6.47. The van der Waals surface area contributed by atoms with E-state index in [1.807, 2.05) is 37.3 Å². The predicted molar refractivity (Wildman–Crippen MR) is 83.2 cm³/mol. The molecule has 0 bridgehead atoms. The molecule has 21 heavy (non-hydrogen) atoms. The van der Waals surface area contributed by atoms with E-state index in [2.05, 4.69) is 31.1 Å². The summed E-state index contributed by atoms with van der Waals surface area (Å²) in [5.41, 5.74) is 8.20. The van der Waals surface area contributed by atoms with Gasteiger partial charge in [-0.25, -0.2) is 4.68 Å². The molecule has 2 N–H and O–H groups in total. The van der Waals surface area contributed by atoms with Crippen LogP contribution >= 0.6 is 0 Å². The molecule has 0 saturated heterocycles. The third-order valence-electron chi connectivity index (χ3n) is 3.44. The van der Waals surface area contributed by atoms with Crippen LogP contribution in [-0.2, 0) is 4.74 Å². The van der Waals surface area contributed by atoms with Gasteiger partial charge in [0.15, 0.2) is 0 Å². The highest BCUT2D eigenvalue weighted by molar-refractivity contribution is 5.32. The van der Waals surface area contributed by atoms with Crippen LogP contribution in [0.1, 0.15) is 39.4 Å². The van der Waals surface area contributed by atoms with Crippen molar-refractivity contribution in [3.05, 3.63) is 42.2 Å². The van der Waals surface area contributed by atoms with Crippen molar-refractivity contribution in [1.82, 2.24) is 15.0 Å². The van der Waals surface area contributed by atoms with Crippen molar-refractivity contribution < 1.29 is 4.74 Å². The monoisotopic (exact) mass is 288 g/mol. The molecule has 0 amide bonds. The van der Waals surface area contributed by atoms with E-state index in [1.165, 1.54) is 0 Å². The lowest BCUT2D eigenvalue weighted by molar-refractivity contribution is -0.0295. The zero-order valence-electron chi connectivity index (χ0n) is 13.2. The summed E-state index contributed by atoms with van der Waals surface area (Å²) in [4.78, 5) is 0. The number of benzene rings is 1. The van der Waals surface area contributed by atoms with E-state index < -0.39 is 0 Å². The summed E-state index contributed by atoms with van der Waals surface area (Å²) in [6.45, 7) is 9.00. The van der Waals surface area contributed by atoms with E-state index in [1.54, 1.807) is 10.9 Å². The van der Waals surface area contributed by atoms with Gasteiger partial charge in [-0.2, -0.15) is 0 Å². The molecule has 2 rings (SSSR count). The average molecular weight is 288 g/mol. The number of aromatic nitrogens is 3. The van der Waals surface area contributed by atoms with Gasteiger partial charge < -0.3 is 10.5 Å². The Morgan fingerprint density at radius 3 is 2.48 bits per heavy atom. The Morgan fingerprint density at radius 2 is 1.90 bits per heavy atom. The topological polar surface area (TPSA) is 66.0 Å². The fourth-order valence-electron chi connectivity index (χ4n) is 2.47. The number of para-hydroxylation sites is 1. The highest BCUT2D eigenvalue weighted by atomic mass is 16.5. The number of nitrogens with two attached hydrogens (primary N) is 1. The summed E-state index contributed by atoms with van der Waals surface area (Å²) in [5.74, 6) is 0. The highest BCUT2D eigenvalue weighted by Crippen LogP contribution is 2.31. The minimum absolute atomic E-state index is 0.0682. The first kappa shape index (κ1) is 15.7. The molecule has 0 fully saturated rings. The van der Waals surface area contributed by atoms with E-state index in [0.29, 0.717) is 6.61 Å². The van der Waals surface area contributed by atoms with Crippen LogP contribution in [-0.4, -0.2) is 27.7 Å². The van der Waals surface area contributed by atoms with Gasteiger partial charge in [0.05, 0.1) is 29.7 Å². The van der Waals surface area contributed by atoms with Gasteiger partial charge in [-0.3, -0.25) is 0 Å². The molecule has 0 aliphatic rings. The van der Waals surface area contributed by atoms with Gasteiger partial charge in [0.25, 0.3) is 0 Å². The Kier molecular flexibility index (Phi) is 4.75. The van der Waals surface area contributed by atoms with Crippen molar-refractivity contribution in [1.29, 1.82) is 0 Å². The van der Waals surface area contributed by atoms with E-state index in [4.69, 9.17) is 10.5 Å². The molecule has 0 aliphatic carbocycles. The molecule has 0 spiro atoms. The highest BCUT2D eigenvalue weighted by Gasteiger charge is 2.33. The Bertz CT molecular complexity index is 559. The van der Waals surface area contributed by atoms with Gasteiger partial charge >= 0.3 is 0 Å². The van der Waals surface area contributed by atoms with Gasteiger partial charge in [-0.1, -0.05) is 44.2 Å². The fraction of sp³-hybridized carbons (Fsp3) is 0.500. The molecule has 2 atom stereocenters. The zero-order chi connectivity index (χ0) is 15.5. The van der Waals surface area contributed by atoms with Crippen LogP contribution in [0, 0.1) is 5.41 Å². The molecule has 0 saturated carbocycles. The SMILES string of the molecule is CCOC(C(N)c1cnnn1-c1ccccc1)C(C)(C)C. The number of hydrogen-bond acceptors (Lipinski definition) is 4. The standard InChI is InChI=1S/C16H24N4O/c1-5-21-15(16(2,3)4)14(17)13-11-18-19-20(13)12-9-7-6-8-10-12/h6-11,14-15H,5,17H2,1-4H3. The second-order valence-electron chi connectivity index (χ2n) is 6.17. The molecule has 0 radical (unpaired) electrons. The van der Waals surface area contributed by atoms with Crippen LogP contribution in [0.3, 0.4) is 0 Å². The molecule has 2 unspecified atom stereocenters. The molecule has 1 aromatic heterocycles. The second kappa shape index (κ2) is 6.37. The largest absolute Gasteiger partial charge is 0.376 e. The summed E-state index contributed by atoms with van der Waals surface area (Å²) < 4.78 is 7.67. The third kappa shape index (κ3) is 3.49. The summed E-state index contributed by atoms with van der Waals surface area (Å²) in [6.07, 6.45) is 1.61. The summed E-state index contributed by atoms with van der Waals surface area (Å²) >= 11 is 0. The molecule has 5 heteroatoms. The minimum Gasteiger partial charge on any atom is -0.376 e. The van der Waals surface area contributed by atoms with Gasteiger partial charge in [0.1, 0.15) is 0 Å². The number of rotatable bonds is 5. The zero-order valence-corrected chi connectivity index (χ0v) is 13.2. The average Bonchev–Trinajstić information content (AvgIpc) is 2.93. The van der Waals surface area contributed by atoms with Crippen molar-refractivity contribution in [2.75, 3.05) is 6.61 Å². The Balaban J connectivity index is 2.36. The summed E-state index contributed by atoms with van der Waals surface area (Å²) in [5, 5.41) is 8.18. The Morgan fingerprint density at radius 1 is 1.24 bits per heavy atom. The maximum atomic E-state index is 6.47. The predicted octanol–water partition coefficient (Wildman–Crippen LogP) is 2.72. The van der Waals surface area contributed by atoms with Gasteiger partial charge in [-0.05, 0) is 24.5 Å². The van der Waals surface area contributed by atoms with Gasteiger partial charge in [-0.15, -0.1) is 5.10 Å². The van der Waals surface area contributed by atoms with Gasteiger partial charge in [0.2, 0.25) is 0 Å². The van der Waals surface area contributed by atoms with Crippen LogP contribution in [0.25, 0.3) is 5.69 Å². The van der Waals surface area contributed by atoms with E-state index in [-0.39, 0.29) is 17.6 Å². The lowest BCUT2D eigenvalue weighted by Crippen LogP contribution is -2.40. The molecule has 114 valence electrons. The normalized spacial score (nSPS) is 14.9. The fourth-order valence-corrected chi connectivity index (χ4v) is 2.47. The maximum Gasteiger partial charge on any atom is 0.0839 e. The van der Waals surface area contributed by atoms with Crippen molar-refractivity contribution in [3.8, 4) is 5.69 Å². The van der Waals surface area contributed by atoms with Crippen LogP contribution < -0.4 is 5.73 Å². The van der Waals surface area contributed by atoms with Crippen molar-refractivity contribution in [3.63, 3.8) is 0 Å². The molecule has 0 aliphatic heterocycles. The molecular formula is C16H24N4O. The van der Waals surface area contributed by atoms with E-state index in [9.17, 15) is 0 Å². The minimum atomic E-state index is -0.292. The summed E-state index contributed by atoms with van der Waals surface area (Å²) in [7, 11) is 0.